The van der Waals surface area contributed by atoms with E-state index >= 15 is 0 Å². The number of likely N-dealkylation sites (tertiary alicyclic amines) is 1. The lowest BCUT2D eigenvalue weighted by molar-refractivity contribution is -0.0751. The molecule has 0 spiro atoms. The van der Waals surface area contributed by atoms with Crippen LogP contribution in [0.2, 0.25) is 0 Å². The SMILES string of the molecule is CC(C)(C)CC(C)(O)C1CC(COS(C)(=O)=O)CCN1C(=O)O. The van der Waals surface area contributed by atoms with Gasteiger partial charge in [-0.1, -0.05) is 20.8 Å². The summed E-state index contributed by atoms with van der Waals surface area (Å²) < 4.78 is 27.1. The van der Waals surface area contributed by atoms with Crippen LogP contribution in [0.25, 0.3) is 0 Å². The Morgan fingerprint density at radius 1 is 1.30 bits per heavy atom. The number of amides is 1. The molecule has 1 amide bonds. The van der Waals surface area contributed by atoms with Gasteiger partial charge in [0.2, 0.25) is 0 Å². The lowest BCUT2D eigenvalue weighted by Gasteiger charge is -2.46. The molecule has 136 valence electrons. The van der Waals surface area contributed by atoms with Gasteiger partial charge in [-0.25, -0.2) is 4.79 Å². The Balaban J connectivity index is 2.90. The molecule has 23 heavy (non-hydrogen) atoms. The van der Waals surface area contributed by atoms with Gasteiger partial charge >= 0.3 is 6.09 Å². The van der Waals surface area contributed by atoms with Crippen LogP contribution in [0.4, 0.5) is 4.79 Å². The zero-order chi connectivity index (χ0) is 18.1. The lowest BCUT2D eigenvalue weighted by Crippen LogP contribution is -2.58. The fourth-order valence-electron chi connectivity index (χ4n) is 3.42. The Morgan fingerprint density at radius 3 is 2.30 bits per heavy atom. The highest BCUT2D eigenvalue weighted by atomic mass is 32.2. The van der Waals surface area contributed by atoms with Crippen LogP contribution in [0, 0.1) is 11.3 Å². The van der Waals surface area contributed by atoms with Crippen LogP contribution in [0.15, 0.2) is 0 Å². The third kappa shape index (κ3) is 6.64. The van der Waals surface area contributed by atoms with Crippen molar-refractivity contribution < 1.29 is 27.6 Å². The quantitative estimate of drug-likeness (QED) is 0.733. The third-order valence-electron chi connectivity index (χ3n) is 4.08. The number of rotatable bonds is 5. The molecule has 8 heteroatoms. The summed E-state index contributed by atoms with van der Waals surface area (Å²) in [5.41, 5.74) is -1.36. The van der Waals surface area contributed by atoms with Gasteiger partial charge < -0.3 is 15.1 Å². The van der Waals surface area contributed by atoms with Gasteiger partial charge in [-0.2, -0.15) is 8.42 Å². The molecule has 7 nitrogen and oxygen atoms in total. The van der Waals surface area contributed by atoms with Gasteiger partial charge in [-0.3, -0.25) is 4.18 Å². The van der Waals surface area contributed by atoms with E-state index in [0.717, 1.165) is 6.26 Å². The molecule has 0 aromatic heterocycles. The standard InChI is InChI=1S/C15H29NO6S/c1-14(2,3)10-15(4,19)12-8-11(9-22-23(5,20)21)6-7-16(12)13(17)18/h11-12,19H,6-10H2,1-5H3,(H,17,18). The number of aliphatic hydroxyl groups is 1. The highest BCUT2D eigenvalue weighted by molar-refractivity contribution is 7.85. The van der Waals surface area contributed by atoms with Gasteiger partial charge in [0.25, 0.3) is 10.1 Å². The molecule has 0 aromatic rings. The molecule has 2 N–H and O–H groups in total. The van der Waals surface area contributed by atoms with Crippen molar-refractivity contribution >= 4 is 16.2 Å². The molecule has 3 unspecified atom stereocenters. The summed E-state index contributed by atoms with van der Waals surface area (Å²) in [6, 6.07) is -0.582. The van der Waals surface area contributed by atoms with Gasteiger partial charge in [-0.05, 0) is 37.5 Å². The summed E-state index contributed by atoms with van der Waals surface area (Å²) in [5.74, 6) is -0.100. The molecule has 1 fully saturated rings. The summed E-state index contributed by atoms with van der Waals surface area (Å²) in [6.45, 7) is 7.89. The number of hydrogen-bond acceptors (Lipinski definition) is 5. The van der Waals surface area contributed by atoms with Crippen molar-refractivity contribution in [1.29, 1.82) is 0 Å². The summed E-state index contributed by atoms with van der Waals surface area (Å²) in [6.07, 6.45) is 1.27. The topological polar surface area (TPSA) is 104 Å². The Kier molecular flexibility index (Phi) is 6.09. The predicted molar refractivity (Wildman–Crippen MR) is 86.7 cm³/mol. The van der Waals surface area contributed by atoms with Crippen LogP contribution in [0.5, 0.6) is 0 Å². The first-order valence-corrected chi connectivity index (χ1v) is 9.59. The van der Waals surface area contributed by atoms with E-state index in [1.165, 1.54) is 4.90 Å². The number of nitrogens with zero attached hydrogens (tertiary/aromatic N) is 1. The van der Waals surface area contributed by atoms with Crippen molar-refractivity contribution in [1.82, 2.24) is 4.90 Å². The minimum Gasteiger partial charge on any atom is -0.465 e. The van der Waals surface area contributed by atoms with E-state index < -0.39 is 27.9 Å². The lowest BCUT2D eigenvalue weighted by atomic mass is 9.74. The van der Waals surface area contributed by atoms with Crippen molar-refractivity contribution in [2.45, 2.75) is 58.6 Å². The Hall–Kier alpha value is -0.860. The smallest absolute Gasteiger partial charge is 0.407 e. The van der Waals surface area contributed by atoms with Crippen LogP contribution >= 0.6 is 0 Å². The van der Waals surface area contributed by atoms with E-state index in [4.69, 9.17) is 4.18 Å². The molecule has 0 aliphatic carbocycles. The maximum Gasteiger partial charge on any atom is 0.407 e. The summed E-state index contributed by atoms with van der Waals surface area (Å²) >= 11 is 0. The third-order valence-corrected chi connectivity index (χ3v) is 4.64. The van der Waals surface area contributed by atoms with Gasteiger partial charge in [-0.15, -0.1) is 0 Å². The maximum absolute atomic E-state index is 11.5. The first kappa shape index (κ1) is 20.2. The van der Waals surface area contributed by atoms with E-state index in [-0.39, 0.29) is 24.5 Å². The summed E-state index contributed by atoms with van der Waals surface area (Å²) in [5, 5.41) is 20.3. The van der Waals surface area contributed by atoms with Crippen molar-refractivity contribution in [3.63, 3.8) is 0 Å². The molecule has 1 rings (SSSR count). The number of carboxylic acid groups (broad SMARTS) is 1. The predicted octanol–water partition coefficient (Wildman–Crippen LogP) is 1.91. The second-order valence-electron chi connectivity index (χ2n) is 7.97. The van der Waals surface area contributed by atoms with Crippen LogP contribution in [0.3, 0.4) is 0 Å². The van der Waals surface area contributed by atoms with E-state index in [1.807, 2.05) is 20.8 Å². The monoisotopic (exact) mass is 351 g/mol. The molecule has 1 aliphatic rings. The molecule has 0 radical (unpaired) electrons. The zero-order valence-electron chi connectivity index (χ0n) is 14.6. The van der Waals surface area contributed by atoms with Crippen LogP contribution < -0.4 is 0 Å². The molecule has 0 aromatic carbocycles. The van der Waals surface area contributed by atoms with Gasteiger partial charge in [0.1, 0.15) is 0 Å². The van der Waals surface area contributed by atoms with Crippen LogP contribution in [-0.4, -0.2) is 60.7 Å². The van der Waals surface area contributed by atoms with Crippen molar-refractivity contribution in [3.05, 3.63) is 0 Å². The summed E-state index contributed by atoms with van der Waals surface area (Å²) in [4.78, 5) is 12.8. The Bertz CT molecular complexity index is 523. The normalized spacial score (nSPS) is 25.9. The fourth-order valence-corrected chi connectivity index (χ4v) is 3.86. The van der Waals surface area contributed by atoms with E-state index in [1.54, 1.807) is 6.92 Å². The van der Waals surface area contributed by atoms with Crippen molar-refractivity contribution in [2.24, 2.45) is 11.3 Å². The van der Waals surface area contributed by atoms with Crippen molar-refractivity contribution in [2.75, 3.05) is 19.4 Å². The first-order chi connectivity index (χ1) is 10.2. The molecule has 1 aliphatic heterocycles. The minimum absolute atomic E-state index is 0.0222. The second-order valence-corrected chi connectivity index (χ2v) is 9.61. The largest absolute Gasteiger partial charge is 0.465 e. The summed E-state index contributed by atoms with van der Waals surface area (Å²) in [7, 11) is -3.53. The second kappa shape index (κ2) is 6.94. The molecular formula is C15H29NO6S. The van der Waals surface area contributed by atoms with Gasteiger partial charge in [0.05, 0.1) is 24.5 Å². The highest BCUT2D eigenvalue weighted by Gasteiger charge is 2.44. The molecular weight excluding hydrogens is 322 g/mol. The molecule has 0 saturated carbocycles. The maximum atomic E-state index is 11.5. The van der Waals surface area contributed by atoms with E-state index in [9.17, 15) is 23.4 Å². The fraction of sp³-hybridized carbons (Fsp3) is 0.933. The Labute approximate surface area is 138 Å². The van der Waals surface area contributed by atoms with E-state index in [2.05, 4.69) is 0 Å². The van der Waals surface area contributed by atoms with Gasteiger partial charge in [0.15, 0.2) is 0 Å². The highest BCUT2D eigenvalue weighted by Crippen LogP contribution is 2.37. The first-order valence-electron chi connectivity index (χ1n) is 7.78. The number of carbonyl (C=O) groups is 1. The zero-order valence-corrected chi connectivity index (χ0v) is 15.4. The number of hydrogen-bond donors (Lipinski definition) is 2. The Morgan fingerprint density at radius 2 is 1.87 bits per heavy atom. The van der Waals surface area contributed by atoms with Crippen LogP contribution in [0.1, 0.15) is 47.0 Å². The molecule has 1 saturated heterocycles. The number of piperidine rings is 1. The molecule has 1 heterocycles. The van der Waals surface area contributed by atoms with Gasteiger partial charge in [0, 0.05) is 6.54 Å². The molecule has 0 bridgehead atoms. The van der Waals surface area contributed by atoms with E-state index in [0.29, 0.717) is 19.3 Å². The van der Waals surface area contributed by atoms with Crippen LogP contribution in [-0.2, 0) is 14.3 Å². The van der Waals surface area contributed by atoms with Crippen molar-refractivity contribution in [3.8, 4) is 0 Å². The average molecular weight is 351 g/mol. The average Bonchev–Trinajstić information content (AvgIpc) is 2.32. The molecule has 3 atom stereocenters. The minimum atomic E-state index is -3.53.